The zero-order valence-corrected chi connectivity index (χ0v) is 13.8. The van der Waals surface area contributed by atoms with Crippen molar-refractivity contribution < 1.29 is 19.1 Å². The van der Waals surface area contributed by atoms with Gasteiger partial charge in [-0.3, -0.25) is 14.4 Å². The number of ketones is 1. The van der Waals surface area contributed by atoms with Gasteiger partial charge >= 0.3 is 5.97 Å². The first kappa shape index (κ1) is 17.2. The molecule has 1 aromatic carbocycles. The van der Waals surface area contributed by atoms with Gasteiger partial charge in [0.2, 0.25) is 0 Å². The van der Waals surface area contributed by atoms with Gasteiger partial charge in [0.15, 0.2) is 11.9 Å². The van der Waals surface area contributed by atoms with Crippen LogP contribution in [0, 0.1) is 13.8 Å². The van der Waals surface area contributed by atoms with Crippen LogP contribution in [0.5, 0.6) is 0 Å². The quantitative estimate of drug-likeness (QED) is 0.619. The van der Waals surface area contributed by atoms with E-state index in [-0.39, 0.29) is 30.6 Å². The number of aryl methyl sites for hydroxylation is 2. The number of ether oxygens (including phenoxy) is 1. The van der Waals surface area contributed by atoms with Gasteiger partial charge in [0.05, 0.1) is 6.42 Å². The van der Waals surface area contributed by atoms with Gasteiger partial charge < -0.3 is 10.1 Å². The molecule has 5 nitrogen and oxygen atoms in total. The molecule has 0 aromatic heterocycles. The minimum Gasteiger partial charge on any atom is -0.453 e. The van der Waals surface area contributed by atoms with Crippen LogP contribution in [0.2, 0.25) is 0 Å². The monoisotopic (exact) mass is 317 g/mol. The molecule has 2 rings (SSSR count). The predicted octanol–water partition coefficient (Wildman–Crippen LogP) is 2.48. The second kappa shape index (κ2) is 7.40. The lowest BCUT2D eigenvalue weighted by Gasteiger charge is -2.13. The van der Waals surface area contributed by atoms with E-state index in [4.69, 9.17) is 4.74 Å². The topological polar surface area (TPSA) is 72.5 Å². The fourth-order valence-corrected chi connectivity index (χ4v) is 2.13. The molecule has 1 saturated carbocycles. The predicted molar refractivity (Wildman–Crippen MR) is 86.2 cm³/mol. The number of rotatable bonds is 7. The van der Waals surface area contributed by atoms with E-state index in [0.717, 1.165) is 24.0 Å². The molecule has 1 amide bonds. The van der Waals surface area contributed by atoms with Gasteiger partial charge in [-0.05, 0) is 50.8 Å². The Labute approximate surface area is 136 Å². The molecule has 1 aliphatic carbocycles. The van der Waals surface area contributed by atoms with Crippen molar-refractivity contribution in [3.8, 4) is 0 Å². The summed E-state index contributed by atoms with van der Waals surface area (Å²) in [6.45, 7) is 5.47. The molecule has 23 heavy (non-hydrogen) atoms. The summed E-state index contributed by atoms with van der Waals surface area (Å²) in [6.07, 6.45) is 1.21. The summed E-state index contributed by atoms with van der Waals surface area (Å²) in [7, 11) is 0. The van der Waals surface area contributed by atoms with Crippen molar-refractivity contribution >= 4 is 17.7 Å². The molecule has 1 aromatic rings. The lowest BCUT2D eigenvalue weighted by atomic mass is 10.0. The average molecular weight is 317 g/mol. The fraction of sp³-hybridized carbons (Fsp3) is 0.500. The van der Waals surface area contributed by atoms with Gasteiger partial charge in [0.25, 0.3) is 5.91 Å². The number of Topliss-reactive ketones (excluding diaryl/α,β-unsaturated/α-hetero) is 1. The van der Waals surface area contributed by atoms with Crippen molar-refractivity contribution in [2.75, 3.05) is 0 Å². The van der Waals surface area contributed by atoms with Gasteiger partial charge in [-0.2, -0.15) is 0 Å². The molecular weight excluding hydrogens is 294 g/mol. The largest absolute Gasteiger partial charge is 0.453 e. The smallest absolute Gasteiger partial charge is 0.307 e. The lowest BCUT2D eigenvalue weighted by Crippen LogP contribution is -2.37. The third-order valence-corrected chi connectivity index (χ3v) is 3.99. The molecule has 0 unspecified atom stereocenters. The molecule has 0 saturated heterocycles. The minimum absolute atomic E-state index is 0.0210. The van der Waals surface area contributed by atoms with E-state index in [1.54, 1.807) is 13.0 Å². The summed E-state index contributed by atoms with van der Waals surface area (Å²) in [4.78, 5) is 35.6. The van der Waals surface area contributed by atoms with Crippen LogP contribution >= 0.6 is 0 Å². The molecule has 0 heterocycles. The first-order valence-electron chi connectivity index (χ1n) is 7.97. The number of hydrogen-bond acceptors (Lipinski definition) is 4. The maximum absolute atomic E-state index is 12.1. The van der Waals surface area contributed by atoms with Crippen LogP contribution in [-0.2, 0) is 14.3 Å². The van der Waals surface area contributed by atoms with E-state index in [2.05, 4.69) is 5.32 Å². The highest BCUT2D eigenvalue weighted by atomic mass is 16.5. The zero-order valence-electron chi connectivity index (χ0n) is 13.8. The zero-order chi connectivity index (χ0) is 17.0. The molecule has 5 heteroatoms. The molecule has 0 radical (unpaired) electrons. The third kappa shape index (κ3) is 5.20. The van der Waals surface area contributed by atoms with Crippen LogP contribution in [0.3, 0.4) is 0 Å². The molecular formula is C18H23NO4. The van der Waals surface area contributed by atoms with Crippen molar-refractivity contribution in [3.05, 3.63) is 34.9 Å². The Morgan fingerprint density at radius 3 is 2.48 bits per heavy atom. The van der Waals surface area contributed by atoms with E-state index in [1.165, 1.54) is 0 Å². The van der Waals surface area contributed by atoms with Gasteiger partial charge in [0.1, 0.15) is 0 Å². The van der Waals surface area contributed by atoms with E-state index in [0.29, 0.717) is 5.56 Å². The van der Waals surface area contributed by atoms with E-state index in [9.17, 15) is 14.4 Å². The van der Waals surface area contributed by atoms with Crippen LogP contribution in [0.15, 0.2) is 18.2 Å². The highest BCUT2D eigenvalue weighted by Gasteiger charge is 2.27. The molecule has 0 spiro atoms. The van der Waals surface area contributed by atoms with Crippen molar-refractivity contribution in [2.45, 2.75) is 58.6 Å². The Bertz CT molecular complexity index is 619. The third-order valence-electron chi connectivity index (χ3n) is 3.99. The number of benzene rings is 1. The maximum Gasteiger partial charge on any atom is 0.307 e. The number of carbonyl (C=O) groups excluding carboxylic acids is 3. The molecule has 0 aliphatic heterocycles. The Morgan fingerprint density at radius 1 is 1.17 bits per heavy atom. The number of hydrogen-bond donors (Lipinski definition) is 1. The number of nitrogens with one attached hydrogen (secondary N) is 1. The number of carbonyl (C=O) groups is 3. The summed E-state index contributed by atoms with van der Waals surface area (Å²) in [5, 5.41) is 2.78. The molecule has 1 N–H and O–H groups in total. The summed E-state index contributed by atoms with van der Waals surface area (Å²) in [6, 6.07) is 5.72. The van der Waals surface area contributed by atoms with E-state index >= 15 is 0 Å². The van der Waals surface area contributed by atoms with Gasteiger partial charge in [-0.25, -0.2) is 0 Å². The first-order chi connectivity index (χ1) is 10.9. The summed E-state index contributed by atoms with van der Waals surface area (Å²) >= 11 is 0. The maximum atomic E-state index is 12.1. The van der Waals surface area contributed by atoms with Crippen LogP contribution in [0.1, 0.15) is 54.1 Å². The highest BCUT2D eigenvalue weighted by molar-refractivity contribution is 5.98. The molecule has 1 aliphatic rings. The summed E-state index contributed by atoms with van der Waals surface area (Å²) < 4.78 is 5.07. The standard InChI is InChI=1S/C18H23NO4/c1-11-4-5-14(10-12(11)2)16(20)8-9-17(21)23-13(3)18(22)19-15-6-7-15/h4-5,10,13,15H,6-9H2,1-3H3,(H,19,22)/t13-/m1/s1. The fourth-order valence-electron chi connectivity index (χ4n) is 2.13. The van der Waals surface area contributed by atoms with Crippen molar-refractivity contribution in [1.82, 2.24) is 5.32 Å². The highest BCUT2D eigenvalue weighted by Crippen LogP contribution is 2.19. The molecule has 0 bridgehead atoms. The Kier molecular flexibility index (Phi) is 5.53. The van der Waals surface area contributed by atoms with E-state index < -0.39 is 12.1 Å². The second-order valence-electron chi connectivity index (χ2n) is 6.14. The van der Waals surface area contributed by atoms with Crippen LogP contribution in [-0.4, -0.2) is 29.8 Å². The summed E-state index contributed by atoms with van der Waals surface area (Å²) in [5.74, 6) is -0.901. The molecule has 124 valence electrons. The van der Waals surface area contributed by atoms with Gasteiger partial charge in [0, 0.05) is 18.0 Å². The Balaban J connectivity index is 1.77. The Morgan fingerprint density at radius 2 is 1.87 bits per heavy atom. The van der Waals surface area contributed by atoms with Crippen molar-refractivity contribution in [3.63, 3.8) is 0 Å². The first-order valence-corrected chi connectivity index (χ1v) is 7.97. The summed E-state index contributed by atoms with van der Waals surface area (Å²) in [5.41, 5.74) is 2.76. The Hall–Kier alpha value is -2.17. The number of amides is 1. The van der Waals surface area contributed by atoms with E-state index in [1.807, 2.05) is 26.0 Å². The van der Waals surface area contributed by atoms with Gasteiger partial charge in [-0.1, -0.05) is 12.1 Å². The molecule has 1 atom stereocenters. The van der Waals surface area contributed by atoms with Gasteiger partial charge in [-0.15, -0.1) is 0 Å². The average Bonchev–Trinajstić information content (AvgIpc) is 3.31. The van der Waals surface area contributed by atoms with Crippen molar-refractivity contribution in [2.24, 2.45) is 0 Å². The van der Waals surface area contributed by atoms with Crippen LogP contribution < -0.4 is 5.32 Å². The normalized spacial score (nSPS) is 14.9. The second-order valence-corrected chi connectivity index (χ2v) is 6.14. The van der Waals surface area contributed by atoms with Crippen LogP contribution in [0.25, 0.3) is 0 Å². The molecule has 1 fully saturated rings. The van der Waals surface area contributed by atoms with Crippen LogP contribution in [0.4, 0.5) is 0 Å². The SMILES string of the molecule is Cc1ccc(C(=O)CCC(=O)O[C@H](C)C(=O)NC2CC2)cc1C. The minimum atomic E-state index is -0.820. The number of esters is 1. The van der Waals surface area contributed by atoms with Crippen molar-refractivity contribution in [1.29, 1.82) is 0 Å². The lowest BCUT2D eigenvalue weighted by molar-refractivity contribution is -0.154.